The summed E-state index contributed by atoms with van der Waals surface area (Å²) in [5.41, 5.74) is 0.150. The average Bonchev–Trinajstić information content (AvgIpc) is 2.43. The lowest BCUT2D eigenvalue weighted by Crippen LogP contribution is -2.36. The van der Waals surface area contributed by atoms with Crippen molar-refractivity contribution in [3.05, 3.63) is 22.2 Å². The van der Waals surface area contributed by atoms with Crippen LogP contribution in [-0.4, -0.2) is 17.3 Å². The van der Waals surface area contributed by atoms with Crippen molar-refractivity contribution in [1.82, 2.24) is 0 Å². The number of rotatable bonds is 3. The van der Waals surface area contributed by atoms with E-state index >= 15 is 0 Å². The fraction of sp³-hybridized carbons (Fsp3) is 0.588. The van der Waals surface area contributed by atoms with E-state index < -0.39 is 6.09 Å². The molecule has 3 unspecified atom stereocenters. The van der Waals surface area contributed by atoms with Crippen LogP contribution in [0.4, 0.5) is 10.5 Å². The van der Waals surface area contributed by atoms with Crippen molar-refractivity contribution in [3.63, 3.8) is 0 Å². The number of amides is 1. The third kappa shape index (κ3) is 4.67. The van der Waals surface area contributed by atoms with E-state index in [0.29, 0.717) is 22.8 Å². The molecule has 0 heterocycles. The molecule has 128 valence electrons. The SMILES string of the molecule is CC1CCC(C(C)C)C(OC(=O)Nc2cc(Cl)cc(Cl)c2O)C1. The van der Waals surface area contributed by atoms with Gasteiger partial charge in [0.05, 0.1) is 10.7 Å². The molecule has 0 saturated heterocycles. The van der Waals surface area contributed by atoms with Gasteiger partial charge in [-0.15, -0.1) is 0 Å². The Labute approximate surface area is 147 Å². The van der Waals surface area contributed by atoms with Gasteiger partial charge < -0.3 is 9.84 Å². The molecular formula is C17H23Cl2NO3. The topological polar surface area (TPSA) is 58.6 Å². The minimum atomic E-state index is -0.594. The Morgan fingerprint density at radius 3 is 2.70 bits per heavy atom. The van der Waals surface area contributed by atoms with Gasteiger partial charge in [-0.3, -0.25) is 5.32 Å². The van der Waals surface area contributed by atoms with E-state index in [1.807, 2.05) is 0 Å². The third-order valence-corrected chi connectivity index (χ3v) is 4.99. The van der Waals surface area contributed by atoms with Crippen LogP contribution in [-0.2, 0) is 4.74 Å². The van der Waals surface area contributed by atoms with Gasteiger partial charge in [-0.05, 0) is 42.7 Å². The summed E-state index contributed by atoms with van der Waals surface area (Å²) in [5, 5.41) is 12.8. The van der Waals surface area contributed by atoms with Crippen LogP contribution in [0.2, 0.25) is 10.0 Å². The van der Waals surface area contributed by atoms with Crippen LogP contribution in [0, 0.1) is 17.8 Å². The highest BCUT2D eigenvalue weighted by Gasteiger charge is 2.33. The van der Waals surface area contributed by atoms with Crippen LogP contribution in [0.15, 0.2) is 12.1 Å². The predicted octanol–water partition coefficient (Wildman–Crippen LogP) is 5.71. The molecule has 1 saturated carbocycles. The molecule has 2 rings (SSSR count). The zero-order valence-corrected chi connectivity index (χ0v) is 15.1. The van der Waals surface area contributed by atoms with Crippen molar-refractivity contribution in [1.29, 1.82) is 0 Å². The number of benzene rings is 1. The largest absolute Gasteiger partial charge is 0.504 e. The van der Waals surface area contributed by atoms with E-state index in [9.17, 15) is 9.90 Å². The van der Waals surface area contributed by atoms with Crippen molar-refractivity contribution < 1.29 is 14.6 Å². The number of phenolic OH excluding ortho intramolecular Hbond substituents is 1. The summed E-state index contributed by atoms with van der Waals surface area (Å²) in [6.45, 7) is 6.47. The van der Waals surface area contributed by atoms with Crippen LogP contribution in [0.25, 0.3) is 0 Å². The summed E-state index contributed by atoms with van der Waals surface area (Å²) in [6, 6.07) is 2.85. The quantitative estimate of drug-likeness (QED) is 0.679. The van der Waals surface area contributed by atoms with Crippen molar-refractivity contribution in [2.24, 2.45) is 17.8 Å². The lowest BCUT2D eigenvalue weighted by Gasteiger charge is -2.36. The molecule has 2 N–H and O–H groups in total. The second-order valence-electron chi connectivity index (χ2n) is 6.68. The van der Waals surface area contributed by atoms with E-state index in [1.165, 1.54) is 12.1 Å². The van der Waals surface area contributed by atoms with Crippen LogP contribution < -0.4 is 5.32 Å². The van der Waals surface area contributed by atoms with Gasteiger partial charge in [0, 0.05) is 5.02 Å². The summed E-state index contributed by atoms with van der Waals surface area (Å²) < 4.78 is 5.63. The number of nitrogens with one attached hydrogen (secondary N) is 1. The zero-order chi connectivity index (χ0) is 17.1. The van der Waals surface area contributed by atoms with Crippen molar-refractivity contribution >= 4 is 35.0 Å². The number of anilines is 1. The summed E-state index contributed by atoms with van der Waals surface area (Å²) in [5.74, 6) is 1.13. The Morgan fingerprint density at radius 2 is 2.04 bits per heavy atom. The molecule has 1 fully saturated rings. The monoisotopic (exact) mass is 359 g/mol. The second-order valence-corrected chi connectivity index (χ2v) is 7.52. The lowest BCUT2D eigenvalue weighted by atomic mass is 9.75. The number of halogens is 2. The molecular weight excluding hydrogens is 337 g/mol. The van der Waals surface area contributed by atoms with Crippen LogP contribution in [0.5, 0.6) is 5.75 Å². The molecule has 0 spiro atoms. The minimum absolute atomic E-state index is 0.0825. The van der Waals surface area contributed by atoms with Crippen molar-refractivity contribution in [2.45, 2.75) is 46.1 Å². The molecule has 0 aromatic heterocycles. The number of hydrogen-bond donors (Lipinski definition) is 2. The molecule has 1 aromatic rings. The van der Waals surface area contributed by atoms with Crippen LogP contribution in [0.1, 0.15) is 40.0 Å². The van der Waals surface area contributed by atoms with Crippen LogP contribution in [0.3, 0.4) is 0 Å². The van der Waals surface area contributed by atoms with Gasteiger partial charge in [0.2, 0.25) is 0 Å². The Bertz CT molecular complexity index is 577. The van der Waals surface area contributed by atoms with Gasteiger partial charge in [-0.1, -0.05) is 50.4 Å². The smallest absolute Gasteiger partial charge is 0.412 e. The Morgan fingerprint density at radius 1 is 1.35 bits per heavy atom. The maximum atomic E-state index is 12.2. The summed E-state index contributed by atoms with van der Waals surface area (Å²) >= 11 is 11.7. The van der Waals surface area contributed by atoms with Gasteiger partial charge in [-0.25, -0.2) is 4.79 Å². The van der Waals surface area contributed by atoms with E-state index in [2.05, 4.69) is 26.1 Å². The third-order valence-electron chi connectivity index (χ3n) is 4.48. The van der Waals surface area contributed by atoms with Crippen molar-refractivity contribution in [2.75, 3.05) is 5.32 Å². The maximum absolute atomic E-state index is 12.2. The molecule has 6 heteroatoms. The van der Waals surface area contributed by atoms with E-state index in [-0.39, 0.29) is 22.6 Å². The first-order valence-corrected chi connectivity index (χ1v) is 8.69. The Hall–Kier alpha value is -1.13. The molecule has 23 heavy (non-hydrogen) atoms. The Balaban J connectivity index is 2.06. The van der Waals surface area contributed by atoms with E-state index in [0.717, 1.165) is 19.3 Å². The molecule has 0 radical (unpaired) electrons. The van der Waals surface area contributed by atoms with Gasteiger partial charge in [-0.2, -0.15) is 0 Å². The first kappa shape index (κ1) is 18.2. The highest BCUT2D eigenvalue weighted by Crippen LogP contribution is 2.37. The number of aromatic hydroxyl groups is 1. The van der Waals surface area contributed by atoms with E-state index in [1.54, 1.807) is 0 Å². The number of carbonyl (C=O) groups is 1. The summed E-state index contributed by atoms with van der Waals surface area (Å²) in [7, 11) is 0. The summed E-state index contributed by atoms with van der Waals surface area (Å²) in [6.07, 6.45) is 2.37. The standard InChI is InChI=1S/C17H23Cl2NO3/c1-9(2)12-5-4-10(3)6-15(12)23-17(22)20-14-8-11(18)7-13(19)16(14)21/h7-10,12,15,21H,4-6H2,1-3H3,(H,20,22). The highest BCUT2D eigenvalue weighted by atomic mass is 35.5. The lowest BCUT2D eigenvalue weighted by molar-refractivity contribution is 0.0126. The molecule has 1 amide bonds. The summed E-state index contributed by atoms with van der Waals surface area (Å²) in [4.78, 5) is 12.2. The van der Waals surface area contributed by atoms with Gasteiger partial charge >= 0.3 is 6.09 Å². The first-order valence-electron chi connectivity index (χ1n) is 7.93. The molecule has 1 aromatic carbocycles. The number of carbonyl (C=O) groups excluding carboxylic acids is 1. The fourth-order valence-electron chi connectivity index (χ4n) is 3.19. The fourth-order valence-corrected chi connectivity index (χ4v) is 3.68. The average molecular weight is 360 g/mol. The maximum Gasteiger partial charge on any atom is 0.412 e. The molecule has 3 atom stereocenters. The number of ether oxygens (including phenoxy) is 1. The normalized spacial score (nSPS) is 24.5. The molecule has 4 nitrogen and oxygen atoms in total. The van der Waals surface area contributed by atoms with E-state index in [4.69, 9.17) is 27.9 Å². The van der Waals surface area contributed by atoms with Crippen LogP contribution >= 0.6 is 23.2 Å². The highest BCUT2D eigenvalue weighted by molar-refractivity contribution is 6.36. The molecule has 0 aliphatic heterocycles. The first-order chi connectivity index (χ1) is 10.8. The number of hydrogen-bond acceptors (Lipinski definition) is 3. The molecule has 1 aliphatic rings. The van der Waals surface area contributed by atoms with Gasteiger partial charge in [0.15, 0.2) is 5.75 Å². The zero-order valence-electron chi connectivity index (χ0n) is 13.6. The predicted molar refractivity (Wildman–Crippen MR) is 93.4 cm³/mol. The molecule has 1 aliphatic carbocycles. The Kier molecular flexibility index (Phi) is 6.04. The minimum Gasteiger partial charge on any atom is -0.504 e. The molecule has 0 bridgehead atoms. The van der Waals surface area contributed by atoms with Gasteiger partial charge in [0.25, 0.3) is 0 Å². The second kappa shape index (κ2) is 7.63. The number of phenols is 1. The van der Waals surface area contributed by atoms with Crippen molar-refractivity contribution in [3.8, 4) is 5.75 Å². The van der Waals surface area contributed by atoms with Gasteiger partial charge in [0.1, 0.15) is 6.10 Å².